The number of nitrogens with two attached hydrogens (primary N) is 1. The first-order valence-corrected chi connectivity index (χ1v) is 14.4. The third-order valence-electron chi connectivity index (χ3n) is 7.20. The van der Waals surface area contributed by atoms with Gasteiger partial charge in [0.2, 0.25) is 17.6 Å². The fourth-order valence-electron chi connectivity index (χ4n) is 5.35. The molecule has 4 N–H and O–H groups in total. The highest BCUT2D eigenvalue weighted by atomic mass is 32.1. The van der Waals surface area contributed by atoms with Crippen LogP contribution in [0.15, 0.2) is 72.8 Å². The lowest BCUT2D eigenvalue weighted by Crippen LogP contribution is -2.49. The van der Waals surface area contributed by atoms with Gasteiger partial charge in [-0.05, 0) is 72.7 Å². The molecule has 1 aliphatic rings. The largest absolute Gasteiger partial charge is 0.344 e. The van der Waals surface area contributed by atoms with E-state index < -0.39 is 11.6 Å². The minimum atomic E-state index is -0.651. The Hall–Kier alpha value is -4.41. The topological polar surface area (TPSA) is 130 Å². The van der Waals surface area contributed by atoms with Crippen molar-refractivity contribution in [3.63, 3.8) is 0 Å². The van der Waals surface area contributed by atoms with E-state index in [1.54, 1.807) is 30.1 Å². The summed E-state index contributed by atoms with van der Waals surface area (Å²) < 4.78 is 1.14. The number of aromatic amines is 1. The number of benzene rings is 3. The van der Waals surface area contributed by atoms with E-state index in [9.17, 15) is 9.59 Å². The molecule has 3 heterocycles. The van der Waals surface area contributed by atoms with Crippen molar-refractivity contribution in [1.29, 1.82) is 0 Å². The van der Waals surface area contributed by atoms with Crippen molar-refractivity contribution in [1.82, 2.24) is 25.9 Å². The number of para-hydroxylation sites is 1. The van der Waals surface area contributed by atoms with E-state index in [1.807, 2.05) is 36.4 Å². The fourth-order valence-corrected chi connectivity index (χ4v) is 6.43. The Morgan fingerprint density at radius 2 is 1.88 bits per heavy atom. The second-order valence-corrected chi connectivity index (χ2v) is 12.2. The first kappa shape index (κ1) is 26.8. The first-order chi connectivity index (χ1) is 19.7. The minimum Gasteiger partial charge on any atom is -0.344 e. The number of anilines is 1. The first-order valence-electron chi connectivity index (χ1n) is 13.6. The van der Waals surface area contributed by atoms with Crippen LogP contribution in [-0.2, 0) is 22.6 Å². The number of nitrogens with zero attached hydrogens (tertiary/aromatic N) is 4. The highest BCUT2D eigenvalue weighted by Crippen LogP contribution is 2.38. The number of aryl methyl sites for hydroxylation is 1. The molecule has 0 radical (unpaired) electrons. The zero-order valence-electron chi connectivity index (χ0n) is 22.9. The lowest BCUT2D eigenvalue weighted by molar-refractivity contribution is -0.128. The molecule has 5 aromatic rings. The Morgan fingerprint density at radius 3 is 2.66 bits per heavy atom. The van der Waals surface area contributed by atoms with Gasteiger partial charge in [0, 0.05) is 38.4 Å². The van der Waals surface area contributed by atoms with Gasteiger partial charge >= 0.3 is 0 Å². The Kier molecular flexibility index (Phi) is 7.10. The summed E-state index contributed by atoms with van der Waals surface area (Å²) in [5, 5.41) is 18.6. The van der Waals surface area contributed by atoms with Crippen LogP contribution in [0.25, 0.3) is 31.9 Å². The monoisotopic (exact) mass is 565 g/mol. The Balaban J connectivity index is 1.30. The molecule has 9 nitrogen and oxygen atoms in total. The van der Waals surface area contributed by atoms with Gasteiger partial charge in [-0.15, -0.1) is 21.5 Å². The van der Waals surface area contributed by atoms with Crippen molar-refractivity contribution in [3.05, 3.63) is 83.9 Å². The molecule has 6 rings (SSSR count). The maximum atomic E-state index is 13.9. The predicted octanol–water partition coefficient (Wildman–Crippen LogP) is 4.84. The molecule has 1 atom stereocenters. The summed E-state index contributed by atoms with van der Waals surface area (Å²) in [6, 6.07) is 23.8. The Morgan fingerprint density at radius 1 is 1.10 bits per heavy atom. The zero-order valence-corrected chi connectivity index (χ0v) is 23.7. The molecule has 0 bridgehead atoms. The molecule has 208 valence electrons. The van der Waals surface area contributed by atoms with Crippen molar-refractivity contribution >= 4 is 38.9 Å². The van der Waals surface area contributed by atoms with Gasteiger partial charge in [0.25, 0.3) is 0 Å². The number of aromatic nitrogens is 4. The van der Waals surface area contributed by atoms with Crippen molar-refractivity contribution < 1.29 is 9.59 Å². The average Bonchev–Trinajstić information content (AvgIpc) is 3.61. The zero-order chi connectivity index (χ0) is 28.6. The second kappa shape index (κ2) is 10.9. The number of carbonyl (C=O) groups excluding carboxylic acids is 2. The number of hydrogen-bond acceptors (Lipinski definition) is 7. The summed E-state index contributed by atoms with van der Waals surface area (Å²) >= 11 is 1.70. The van der Waals surface area contributed by atoms with Gasteiger partial charge < -0.3 is 16.0 Å². The summed E-state index contributed by atoms with van der Waals surface area (Å²) in [6.45, 7) is 4.00. The summed E-state index contributed by atoms with van der Waals surface area (Å²) in [5.74, 6) is 0.224. The molecule has 10 heteroatoms. The van der Waals surface area contributed by atoms with Crippen LogP contribution in [0.4, 0.5) is 5.69 Å². The summed E-state index contributed by atoms with van der Waals surface area (Å²) in [4.78, 5) is 29.5. The molecule has 2 amide bonds. The standard InChI is InChI=1S/C31H31N7O2S/c1-31(2,32)17-28(39)33-24-13-12-20-7-3-6-10-25(20)38(30(24)40)18-19-11-14-26-21(15-19)16-27(41-26)22-8-4-5-9-23(22)29-34-36-37-35-29/h3-11,14-16,24H,12-13,17-18,32H2,1-2H3,(H,33,39)(H,34,35,36,37)/t24-/m1/s1. The molecule has 2 aromatic heterocycles. The van der Waals surface area contributed by atoms with Gasteiger partial charge in [0.1, 0.15) is 6.04 Å². The van der Waals surface area contributed by atoms with E-state index in [-0.39, 0.29) is 18.2 Å². The minimum absolute atomic E-state index is 0.113. The van der Waals surface area contributed by atoms with Crippen molar-refractivity contribution in [3.8, 4) is 21.8 Å². The number of amides is 2. The lowest BCUT2D eigenvalue weighted by atomic mass is 10.0. The molecule has 0 unspecified atom stereocenters. The van der Waals surface area contributed by atoms with Crippen LogP contribution in [0.1, 0.15) is 37.8 Å². The van der Waals surface area contributed by atoms with Gasteiger partial charge in [-0.3, -0.25) is 9.59 Å². The highest BCUT2D eigenvalue weighted by Gasteiger charge is 2.32. The number of H-pyrrole nitrogens is 1. The molecule has 0 aliphatic carbocycles. The van der Waals surface area contributed by atoms with Crippen LogP contribution < -0.4 is 16.0 Å². The van der Waals surface area contributed by atoms with Crippen LogP contribution in [-0.4, -0.2) is 44.0 Å². The summed E-state index contributed by atoms with van der Waals surface area (Å²) in [6.07, 6.45) is 1.38. The van der Waals surface area contributed by atoms with E-state index in [4.69, 9.17) is 5.73 Å². The van der Waals surface area contributed by atoms with E-state index in [1.165, 1.54) is 0 Å². The van der Waals surface area contributed by atoms with Crippen LogP contribution in [0.2, 0.25) is 0 Å². The van der Waals surface area contributed by atoms with E-state index in [2.05, 4.69) is 62.3 Å². The maximum Gasteiger partial charge on any atom is 0.249 e. The van der Waals surface area contributed by atoms with Gasteiger partial charge in [0.15, 0.2) is 0 Å². The highest BCUT2D eigenvalue weighted by molar-refractivity contribution is 7.22. The Labute approximate surface area is 241 Å². The Bertz CT molecular complexity index is 1720. The van der Waals surface area contributed by atoms with Gasteiger partial charge in [-0.25, -0.2) is 0 Å². The third-order valence-corrected chi connectivity index (χ3v) is 8.35. The van der Waals surface area contributed by atoms with Gasteiger partial charge in [-0.1, -0.05) is 48.5 Å². The number of nitrogens with one attached hydrogen (secondary N) is 2. The van der Waals surface area contributed by atoms with Gasteiger partial charge in [0.05, 0.1) is 6.54 Å². The normalized spacial score (nSPS) is 15.5. The molecule has 1 aliphatic heterocycles. The molecule has 3 aromatic carbocycles. The fraction of sp³-hybridized carbons (Fsp3) is 0.258. The molecular formula is C31H31N7O2S. The van der Waals surface area contributed by atoms with E-state index in [0.29, 0.717) is 25.2 Å². The molecule has 0 fully saturated rings. The van der Waals surface area contributed by atoms with Crippen molar-refractivity contribution in [2.24, 2.45) is 5.73 Å². The average molecular weight is 566 g/mol. The number of rotatable bonds is 7. The predicted molar refractivity (Wildman–Crippen MR) is 161 cm³/mol. The summed E-state index contributed by atoms with van der Waals surface area (Å²) in [5.41, 5.74) is 10.3. The summed E-state index contributed by atoms with van der Waals surface area (Å²) in [7, 11) is 0. The number of hydrogen-bond donors (Lipinski definition) is 3. The third kappa shape index (κ3) is 5.75. The van der Waals surface area contributed by atoms with Crippen molar-refractivity contribution in [2.75, 3.05) is 4.90 Å². The van der Waals surface area contributed by atoms with Crippen LogP contribution in [0.5, 0.6) is 0 Å². The number of tetrazole rings is 1. The molecular weight excluding hydrogens is 534 g/mol. The molecule has 41 heavy (non-hydrogen) atoms. The van der Waals surface area contributed by atoms with E-state index in [0.717, 1.165) is 42.9 Å². The van der Waals surface area contributed by atoms with Crippen LogP contribution in [0.3, 0.4) is 0 Å². The smallest absolute Gasteiger partial charge is 0.249 e. The molecule has 0 saturated carbocycles. The molecule has 0 saturated heterocycles. The molecule has 0 spiro atoms. The van der Waals surface area contributed by atoms with Crippen molar-refractivity contribution in [2.45, 2.75) is 51.2 Å². The van der Waals surface area contributed by atoms with Crippen LogP contribution >= 0.6 is 11.3 Å². The quantitative estimate of drug-likeness (QED) is 0.259. The maximum absolute atomic E-state index is 13.9. The SMILES string of the molecule is CC(C)(N)CC(=O)N[C@@H]1CCc2ccccc2N(Cc2ccc3sc(-c4ccccc4-c4nn[nH]n4)cc3c2)C1=O. The van der Waals surface area contributed by atoms with Gasteiger partial charge in [-0.2, -0.15) is 5.21 Å². The van der Waals surface area contributed by atoms with E-state index >= 15 is 0 Å². The van der Waals surface area contributed by atoms with Crippen LogP contribution in [0, 0.1) is 0 Å². The second-order valence-electron chi connectivity index (χ2n) is 11.1. The number of fused-ring (bicyclic) bond motifs is 2. The number of carbonyl (C=O) groups is 2. The number of thiophene rings is 1. The lowest BCUT2D eigenvalue weighted by Gasteiger charge is -2.27.